The third kappa shape index (κ3) is 2.82. The van der Waals surface area contributed by atoms with Crippen molar-refractivity contribution >= 4 is 11.8 Å². The van der Waals surface area contributed by atoms with Crippen LogP contribution in [0, 0.1) is 11.8 Å². The number of rotatable bonds is 5. The van der Waals surface area contributed by atoms with Gasteiger partial charge in [0.05, 0.1) is 0 Å². The lowest BCUT2D eigenvalue weighted by Crippen LogP contribution is -2.65. The summed E-state index contributed by atoms with van der Waals surface area (Å²) < 4.78 is 0. The molecule has 0 aromatic rings. The van der Waals surface area contributed by atoms with Gasteiger partial charge >= 0.3 is 0 Å². The number of carbonyl (C=O) groups is 2. The molecule has 2 aliphatic rings. The molecule has 4 heteroatoms. The van der Waals surface area contributed by atoms with E-state index in [1.54, 1.807) is 4.90 Å². The Morgan fingerprint density at radius 3 is 2.63 bits per heavy atom. The molecule has 2 amide bonds. The van der Waals surface area contributed by atoms with Gasteiger partial charge < -0.3 is 10.2 Å². The lowest BCUT2D eigenvalue weighted by molar-refractivity contribution is -0.151. The molecule has 1 aliphatic heterocycles. The lowest BCUT2D eigenvalue weighted by atomic mass is 9.92. The Bertz CT molecular complexity index is 388. The third-order valence-electron chi connectivity index (χ3n) is 4.27. The minimum absolute atomic E-state index is 0.0235. The van der Waals surface area contributed by atoms with E-state index < -0.39 is 0 Å². The van der Waals surface area contributed by atoms with E-state index in [9.17, 15) is 9.59 Å². The molecule has 1 aliphatic carbocycles. The third-order valence-corrected chi connectivity index (χ3v) is 4.27. The van der Waals surface area contributed by atoms with Crippen LogP contribution in [0.1, 0.15) is 40.0 Å². The first-order valence-electron chi connectivity index (χ1n) is 7.32. The fourth-order valence-corrected chi connectivity index (χ4v) is 2.72. The summed E-state index contributed by atoms with van der Waals surface area (Å²) in [6.07, 6.45) is 6.89. The van der Waals surface area contributed by atoms with Gasteiger partial charge in [0.1, 0.15) is 12.1 Å². The summed E-state index contributed by atoms with van der Waals surface area (Å²) in [5.41, 5.74) is 0. The molecule has 3 atom stereocenters. The summed E-state index contributed by atoms with van der Waals surface area (Å²) in [5, 5.41) is 2.95. The Balaban J connectivity index is 2.20. The van der Waals surface area contributed by atoms with Crippen LogP contribution in [0.2, 0.25) is 0 Å². The van der Waals surface area contributed by atoms with Crippen LogP contribution in [-0.2, 0) is 9.59 Å². The van der Waals surface area contributed by atoms with Gasteiger partial charge in [-0.3, -0.25) is 9.59 Å². The molecule has 0 aromatic carbocycles. The summed E-state index contributed by atoms with van der Waals surface area (Å²) in [7, 11) is 0. The molecule has 1 N–H and O–H groups in total. The normalized spacial score (nSPS) is 29.7. The highest BCUT2D eigenvalue weighted by molar-refractivity contribution is 5.97. The molecule has 0 radical (unpaired) electrons. The van der Waals surface area contributed by atoms with E-state index >= 15 is 0 Å². The Labute approximate surface area is 115 Å². The second-order valence-corrected chi connectivity index (χ2v) is 5.71. The monoisotopic (exact) mass is 264 g/mol. The van der Waals surface area contributed by atoms with Crippen LogP contribution in [0.4, 0.5) is 0 Å². The van der Waals surface area contributed by atoms with Crippen molar-refractivity contribution in [2.24, 2.45) is 11.8 Å². The maximum absolute atomic E-state index is 12.6. The minimum atomic E-state index is -0.316. The van der Waals surface area contributed by atoms with Crippen molar-refractivity contribution in [3.63, 3.8) is 0 Å². The van der Waals surface area contributed by atoms with Gasteiger partial charge in [-0.1, -0.05) is 32.4 Å². The van der Waals surface area contributed by atoms with Crippen molar-refractivity contribution in [1.82, 2.24) is 10.2 Å². The molecule has 0 bridgehead atoms. The van der Waals surface area contributed by atoms with Crippen molar-refractivity contribution in [2.75, 3.05) is 6.54 Å². The Hall–Kier alpha value is -1.32. The van der Waals surface area contributed by atoms with Crippen molar-refractivity contribution in [1.29, 1.82) is 0 Å². The van der Waals surface area contributed by atoms with Crippen molar-refractivity contribution < 1.29 is 9.59 Å². The van der Waals surface area contributed by atoms with Crippen LogP contribution in [0.15, 0.2) is 12.2 Å². The van der Waals surface area contributed by atoms with E-state index in [0.29, 0.717) is 12.5 Å². The van der Waals surface area contributed by atoms with E-state index in [4.69, 9.17) is 0 Å². The van der Waals surface area contributed by atoms with Crippen LogP contribution in [0.25, 0.3) is 0 Å². The van der Waals surface area contributed by atoms with Gasteiger partial charge in [0.15, 0.2) is 0 Å². The van der Waals surface area contributed by atoms with E-state index in [1.165, 1.54) is 0 Å². The Morgan fingerprint density at radius 1 is 1.42 bits per heavy atom. The predicted molar refractivity (Wildman–Crippen MR) is 74.4 cm³/mol. The van der Waals surface area contributed by atoms with Gasteiger partial charge in [-0.2, -0.15) is 0 Å². The zero-order valence-corrected chi connectivity index (χ0v) is 12.1. The summed E-state index contributed by atoms with van der Waals surface area (Å²) in [5.74, 6) is 0.678. The van der Waals surface area contributed by atoms with Gasteiger partial charge in [0.2, 0.25) is 11.8 Å². The molecule has 0 aromatic heterocycles. The zero-order chi connectivity index (χ0) is 14.0. The molecule has 0 spiro atoms. The second kappa shape index (κ2) is 5.76. The molecule has 4 nitrogen and oxygen atoms in total. The maximum Gasteiger partial charge on any atom is 0.246 e. The quantitative estimate of drug-likeness (QED) is 0.769. The van der Waals surface area contributed by atoms with E-state index in [0.717, 1.165) is 19.3 Å². The SMILES string of the molecule is C/C=C/CN1C(=O)C(C2CC2)NC(=O)C1C(C)CC. The topological polar surface area (TPSA) is 49.4 Å². The molecule has 2 rings (SSSR count). The first-order chi connectivity index (χ1) is 9.10. The number of nitrogens with one attached hydrogen (secondary N) is 1. The van der Waals surface area contributed by atoms with Crippen molar-refractivity contribution in [2.45, 2.75) is 52.1 Å². The maximum atomic E-state index is 12.6. The van der Waals surface area contributed by atoms with Gasteiger partial charge in [-0.05, 0) is 31.6 Å². The molecule has 1 saturated carbocycles. The molecule has 1 heterocycles. The van der Waals surface area contributed by atoms with Crippen LogP contribution >= 0.6 is 0 Å². The number of amides is 2. The minimum Gasteiger partial charge on any atom is -0.342 e. The highest BCUT2D eigenvalue weighted by Gasteiger charge is 2.47. The molecule has 2 fully saturated rings. The smallest absolute Gasteiger partial charge is 0.246 e. The molecule has 1 saturated heterocycles. The first-order valence-corrected chi connectivity index (χ1v) is 7.32. The number of hydrogen-bond acceptors (Lipinski definition) is 2. The molecular weight excluding hydrogens is 240 g/mol. The number of hydrogen-bond donors (Lipinski definition) is 1. The van der Waals surface area contributed by atoms with Crippen LogP contribution < -0.4 is 5.32 Å². The van der Waals surface area contributed by atoms with E-state index in [-0.39, 0.29) is 29.8 Å². The van der Waals surface area contributed by atoms with Crippen LogP contribution in [0.3, 0.4) is 0 Å². The molecular formula is C15H24N2O2. The molecule has 19 heavy (non-hydrogen) atoms. The van der Waals surface area contributed by atoms with Gasteiger partial charge in [0.25, 0.3) is 0 Å². The first kappa shape index (κ1) is 14.1. The molecule has 106 valence electrons. The average molecular weight is 264 g/mol. The van der Waals surface area contributed by atoms with E-state index in [2.05, 4.69) is 12.2 Å². The lowest BCUT2D eigenvalue weighted by Gasteiger charge is -2.41. The van der Waals surface area contributed by atoms with Crippen molar-refractivity contribution in [3.05, 3.63) is 12.2 Å². The summed E-state index contributed by atoms with van der Waals surface area (Å²) in [6, 6.07) is -0.596. The zero-order valence-electron chi connectivity index (χ0n) is 12.1. The highest BCUT2D eigenvalue weighted by atomic mass is 16.2. The summed E-state index contributed by atoms with van der Waals surface area (Å²) >= 11 is 0. The Kier molecular flexibility index (Phi) is 4.27. The predicted octanol–water partition coefficient (Wildman–Crippen LogP) is 1.71. The fourth-order valence-electron chi connectivity index (χ4n) is 2.72. The summed E-state index contributed by atoms with van der Waals surface area (Å²) in [4.78, 5) is 26.7. The largest absolute Gasteiger partial charge is 0.342 e. The summed E-state index contributed by atoms with van der Waals surface area (Å²) in [6.45, 7) is 6.58. The standard InChI is InChI=1S/C15H24N2O2/c1-4-6-9-17-13(10(3)5-2)14(18)16-12(15(17)19)11-7-8-11/h4,6,10-13H,5,7-9H2,1-3H3,(H,16,18)/b6-4+. The highest BCUT2D eigenvalue weighted by Crippen LogP contribution is 2.35. The number of nitrogens with zero attached hydrogens (tertiary/aromatic N) is 1. The number of allylic oxidation sites excluding steroid dienone is 1. The van der Waals surface area contributed by atoms with Crippen LogP contribution in [-0.4, -0.2) is 35.3 Å². The Morgan fingerprint density at radius 2 is 2.11 bits per heavy atom. The number of piperazine rings is 1. The second-order valence-electron chi connectivity index (χ2n) is 5.71. The fraction of sp³-hybridized carbons (Fsp3) is 0.733. The van der Waals surface area contributed by atoms with Gasteiger partial charge in [-0.25, -0.2) is 0 Å². The van der Waals surface area contributed by atoms with E-state index in [1.807, 2.05) is 26.0 Å². The van der Waals surface area contributed by atoms with Crippen molar-refractivity contribution in [3.8, 4) is 0 Å². The van der Waals surface area contributed by atoms with Gasteiger partial charge in [0, 0.05) is 6.54 Å². The van der Waals surface area contributed by atoms with Crippen LogP contribution in [0.5, 0.6) is 0 Å². The number of carbonyl (C=O) groups excluding carboxylic acids is 2. The molecule has 3 unspecified atom stereocenters. The average Bonchev–Trinajstić information content (AvgIpc) is 3.22. The van der Waals surface area contributed by atoms with Gasteiger partial charge in [-0.15, -0.1) is 0 Å².